The molecule has 2 rings (SSSR count). The Bertz CT molecular complexity index is 634. The molecule has 94 valence electrons. The van der Waals surface area contributed by atoms with Crippen LogP contribution in [-0.4, -0.2) is 28.6 Å². The Morgan fingerprint density at radius 3 is 2.83 bits per heavy atom. The molecule has 2 aromatic rings. The highest BCUT2D eigenvalue weighted by Gasteiger charge is 2.19. The van der Waals surface area contributed by atoms with Crippen molar-refractivity contribution in [1.82, 2.24) is 9.78 Å². The smallest absolute Gasteiger partial charge is 0.313 e. The Morgan fingerprint density at radius 1 is 1.44 bits per heavy atom. The van der Waals surface area contributed by atoms with Crippen LogP contribution in [0.15, 0.2) is 22.7 Å². The highest BCUT2D eigenvalue weighted by atomic mass is 79.9. The Morgan fingerprint density at radius 2 is 2.17 bits per heavy atom. The van der Waals surface area contributed by atoms with Gasteiger partial charge in [0.25, 0.3) is 0 Å². The molecule has 0 spiro atoms. The normalized spacial score (nSPS) is 10.6. The summed E-state index contributed by atoms with van der Waals surface area (Å²) in [6, 6.07) is 5.55. The molecule has 0 fully saturated rings. The van der Waals surface area contributed by atoms with Crippen molar-refractivity contribution in [2.24, 2.45) is 7.05 Å². The largest absolute Gasteiger partial charge is 0.469 e. The van der Waals surface area contributed by atoms with E-state index < -0.39 is 5.97 Å². The van der Waals surface area contributed by atoms with Gasteiger partial charge >= 0.3 is 5.97 Å². The maximum atomic E-state index is 12.0. The zero-order valence-corrected chi connectivity index (χ0v) is 11.5. The molecule has 0 N–H and O–H groups in total. The summed E-state index contributed by atoms with van der Waals surface area (Å²) in [7, 11) is 3.01. The number of Topliss-reactive ketones (excluding diaryl/α,β-unsaturated/α-hetero) is 1. The zero-order valence-electron chi connectivity index (χ0n) is 9.94. The third-order valence-electron chi connectivity index (χ3n) is 2.61. The SMILES string of the molecule is COC(=O)CC(=O)c1nn(C)c2ccc(Br)cc12. The van der Waals surface area contributed by atoms with Crippen LogP contribution in [0.1, 0.15) is 16.9 Å². The summed E-state index contributed by atoms with van der Waals surface area (Å²) in [5.74, 6) is -0.903. The topological polar surface area (TPSA) is 61.2 Å². The minimum atomic E-state index is -0.561. The molecule has 0 aliphatic rings. The average molecular weight is 311 g/mol. The third-order valence-corrected chi connectivity index (χ3v) is 3.10. The molecule has 1 heterocycles. The van der Waals surface area contributed by atoms with E-state index in [-0.39, 0.29) is 12.2 Å². The van der Waals surface area contributed by atoms with Gasteiger partial charge in [-0.3, -0.25) is 14.3 Å². The second kappa shape index (κ2) is 4.89. The highest BCUT2D eigenvalue weighted by Crippen LogP contribution is 2.23. The predicted octanol–water partition coefficient (Wildman–Crippen LogP) is 2.08. The molecule has 0 bridgehead atoms. The molecule has 6 heteroatoms. The fourth-order valence-electron chi connectivity index (χ4n) is 1.73. The van der Waals surface area contributed by atoms with Crippen LogP contribution in [0.4, 0.5) is 0 Å². The average Bonchev–Trinajstić information content (AvgIpc) is 2.66. The third kappa shape index (κ3) is 2.28. The van der Waals surface area contributed by atoms with Crippen LogP contribution in [0, 0.1) is 0 Å². The number of benzene rings is 1. The van der Waals surface area contributed by atoms with Crippen molar-refractivity contribution in [2.45, 2.75) is 6.42 Å². The Balaban J connectivity index is 2.47. The van der Waals surface area contributed by atoms with Gasteiger partial charge in [0.1, 0.15) is 12.1 Å². The highest BCUT2D eigenvalue weighted by molar-refractivity contribution is 9.10. The van der Waals surface area contributed by atoms with Crippen LogP contribution in [-0.2, 0) is 16.6 Å². The molecule has 0 saturated heterocycles. The number of hydrogen-bond donors (Lipinski definition) is 0. The number of rotatable bonds is 3. The lowest BCUT2D eigenvalue weighted by molar-refractivity contribution is -0.139. The van der Waals surface area contributed by atoms with Crippen molar-refractivity contribution in [3.05, 3.63) is 28.4 Å². The van der Waals surface area contributed by atoms with Gasteiger partial charge in [0.2, 0.25) is 0 Å². The minimum absolute atomic E-state index is 0.291. The van der Waals surface area contributed by atoms with Gasteiger partial charge in [-0.2, -0.15) is 5.10 Å². The van der Waals surface area contributed by atoms with Gasteiger partial charge in [0.05, 0.1) is 12.6 Å². The van der Waals surface area contributed by atoms with E-state index >= 15 is 0 Å². The van der Waals surface area contributed by atoms with Gasteiger partial charge < -0.3 is 4.74 Å². The summed E-state index contributed by atoms with van der Waals surface area (Å²) >= 11 is 3.35. The van der Waals surface area contributed by atoms with Gasteiger partial charge in [0, 0.05) is 16.9 Å². The number of ether oxygens (including phenoxy) is 1. The quantitative estimate of drug-likeness (QED) is 0.495. The molecule has 0 saturated carbocycles. The van der Waals surface area contributed by atoms with E-state index in [9.17, 15) is 9.59 Å². The number of carbonyl (C=O) groups excluding carboxylic acids is 2. The van der Waals surface area contributed by atoms with Gasteiger partial charge in [-0.25, -0.2) is 0 Å². The van der Waals surface area contributed by atoms with Crippen molar-refractivity contribution >= 4 is 38.6 Å². The molecule has 1 aromatic carbocycles. The van der Waals surface area contributed by atoms with Gasteiger partial charge in [-0.1, -0.05) is 15.9 Å². The zero-order chi connectivity index (χ0) is 13.3. The van der Waals surface area contributed by atoms with Gasteiger partial charge in [0.15, 0.2) is 5.78 Å². The molecular weight excluding hydrogens is 300 g/mol. The Hall–Kier alpha value is -1.69. The van der Waals surface area contributed by atoms with Crippen molar-refractivity contribution in [2.75, 3.05) is 7.11 Å². The summed E-state index contributed by atoms with van der Waals surface area (Å²) in [5.41, 5.74) is 1.13. The molecule has 0 aliphatic carbocycles. The maximum absolute atomic E-state index is 12.0. The van der Waals surface area contributed by atoms with Crippen LogP contribution in [0.3, 0.4) is 0 Å². The number of carbonyl (C=O) groups is 2. The second-order valence-electron chi connectivity index (χ2n) is 3.81. The molecule has 18 heavy (non-hydrogen) atoms. The van der Waals surface area contributed by atoms with Crippen LogP contribution in [0.25, 0.3) is 10.9 Å². The summed E-state index contributed by atoms with van der Waals surface area (Å²) in [6.07, 6.45) is -0.297. The molecule has 0 radical (unpaired) electrons. The fourth-order valence-corrected chi connectivity index (χ4v) is 2.09. The molecule has 0 aliphatic heterocycles. The maximum Gasteiger partial charge on any atom is 0.313 e. The first-order chi connectivity index (χ1) is 8.52. The van der Waals surface area contributed by atoms with Crippen molar-refractivity contribution in [3.8, 4) is 0 Å². The summed E-state index contributed by atoms with van der Waals surface area (Å²) in [5, 5.41) is 4.88. The first kappa shape index (κ1) is 12.8. The molecule has 0 amide bonds. The number of fused-ring (bicyclic) bond motifs is 1. The van der Waals surface area contributed by atoms with Crippen LogP contribution < -0.4 is 0 Å². The van der Waals surface area contributed by atoms with E-state index in [1.54, 1.807) is 11.7 Å². The van der Waals surface area contributed by atoms with Crippen LogP contribution in [0.2, 0.25) is 0 Å². The lowest BCUT2D eigenvalue weighted by Crippen LogP contribution is -2.10. The van der Waals surface area contributed by atoms with E-state index in [0.29, 0.717) is 5.69 Å². The fraction of sp³-hybridized carbons (Fsp3) is 0.250. The molecule has 0 atom stereocenters. The van der Waals surface area contributed by atoms with Crippen molar-refractivity contribution in [3.63, 3.8) is 0 Å². The van der Waals surface area contributed by atoms with Crippen molar-refractivity contribution < 1.29 is 14.3 Å². The van der Waals surface area contributed by atoms with Crippen LogP contribution in [0.5, 0.6) is 0 Å². The van der Waals surface area contributed by atoms with E-state index in [4.69, 9.17) is 0 Å². The monoisotopic (exact) mass is 310 g/mol. The molecule has 5 nitrogen and oxygen atoms in total. The first-order valence-electron chi connectivity index (χ1n) is 5.25. The van der Waals surface area contributed by atoms with Crippen molar-refractivity contribution in [1.29, 1.82) is 0 Å². The first-order valence-corrected chi connectivity index (χ1v) is 6.04. The summed E-state index contributed by atoms with van der Waals surface area (Å²) < 4.78 is 6.96. The lowest BCUT2D eigenvalue weighted by atomic mass is 10.1. The number of ketones is 1. The van der Waals surface area contributed by atoms with Gasteiger partial charge in [-0.15, -0.1) is 0 Å². The minimum Gasteiger partial charge on any atom is -0.469 e. The number of hydrogen-bond acceptors (Lipinski definition) is 4. The van der Waals surface area contributed by atoms with E-state index in [2.05, 4.69) is 25.8 Å². The Labute approximate surface area is 112 Å². The predicted molar refractivity (Wildman–Crippen MR) is 69.4 cm³/mol. The number of methoxy groups -OCH3 is 1. The van der Waals surface area contributed by atoms with E-state index in [1.165, 1.54) is 7.11 Å². The standard InChI is InChI=1S/C12H11BrN2O3/c1-15-9-4-3-7(13)5-8(9)12(14-15)10(16)6-11(17)18-2/h3-5H,6H2,1-2H3. The van der Waals surface area contributed by atoms with E-state index in [0.717, 1.165) is 15.4 Å². The van der Waals surface area contributed by atoms with E-state index in [1.807, 2.05) is 18.2 Å². The number of halogens is 1. The number of esters is 1. The lowest BCUT2D eigenvalue weighted by Gasteiger charge is -1.97. The number of aryl methyl sites for hydroxylation is 1. The molecular formula is C12H11BrN2O3. The molecule has 0 unspecified atom stereocenters. The second-order valence-corrected chi connectivity index (χ2v) is 4.73. The Kier molecular flexibility index (Phi) is 3.47. The summed E-state index contributed by atoms with van der Waals surface area (Å²) in [4.78, 5) is 23.1. The number of aromatic nitrogens is 2. The summed E-state index contributed by atoms with van der Waals surface area (Å²) in [6.45, 7) is 0. The van der Waals surface area contributed by atoms with Gasteiger partial charge in [-0.05, 0) is 18.2 Å². The molecule has 1 aromatic heterocycles. The number of nitrogens with zero attached hydrogens (tertiary/aromatic N) is 2. The van der Waals surface area contributed by atoms with Crippen LogP contribution >= 0.6 is 15.9 Å².